The summed E-state index contributed by atoms with van der Waals surface area (Å²) in [4.78, 5) is 12.3. The molecule has 0 aliphatic carbocycles. The van der Waals surface area contributed by atoms with E-state index in [0.29, 0.717) is 17.9 Å². The third-order valence-corrected chi connectivity index (χ3v) is 3.74. The van der Waals surface area contributed by atoms with Crippen LogP contribution in [0.1, 0.15) is 29.6 Å². The number of ether oxygens (including phenoxy) is 1. The van der Waals surface area contributed by atoms with Crippen LogP contribution in [-0.4, -0.2) is 28.8 Å². The highest BCUT2D eigenvalue weighted by Crippen LogP contribution is 2.21. The van der Waals surface area contributed by atoms with E-state index < -0.39 is 0 Å². The number of carbonyl (C=O) groups is 1. The standard InChI is InChI=1S/C16H18N2O2/c19-16(10-13-6-8-20-9-7-13)14-11-17-18(12-14)15-4-2-1-3-5-15/h1-5,11-13H,6-10H2. The van der Waals surface area contributed by atoms with Gasteiger partial charge in [0.25, 0.3) is 0 Å². The zero-order valence-electron chi connectivity index (χ0n) is 11.4. The highest BCUT2D eigenvalue weighted by molar-refractivity contribution is 5.95. The SMILES string of the molecule is O=C(CC1CCOCC1)c1cnn(-c2ccccc2)c1. The predicted molar refractivity (Wildman–Crippen MR) is 76.1 cm³/mol. The van der Waals surface area contributed by atoms with E-state index in [-0.39, 0.29) is 5.78 Å². The molecule has 0 atom stereocenters. The van der Waals surface area contributed by atoms with Gasteiger partial charge in [0, 0.05) is 25.8 Å². The first-order valence-electron chi connectivity index (χ1n) is 7.04. The Bertz CT molecular complexity index is 571. The molecule has 1 aliphatic rings. The van der Waals surface area contributed by atoms with E-state index in [1.54, 1.807) is 10.9 Å². The summed E-state index contributed by atoms with van der Waals surface area (Å²) in [5.74, 6) is 0.635. The molecular formula is C16H18N2O2. The molecule has 1 aromatic heterocycles. The first-order valence-corrected chi connectivity index (χ1v) is 7.04. The van der Waals surface area contributed by atoms with Gasteiger partial charge in [-0.25, -0.2) is 4.68 Å². The molecule has 1 fully saturated rings. The molecule has 2 aromatic rings. The first-order chi connectivity index (χ1) is 9.83. The van der Waals surface area contributed by atoms with Gasteiger partial charge in [0.1, 0.15) is 0 Å². The maximum absolute atomic E-state index is 12.3. The molecule has 0 N–H and O–H groups in total. The van der Waals surface area contributed by atoms with Gasteiger partial charge < -0.3 is 4.74 Å². The fourth-order valence-corrected chi connectivity index (χ4v) is 2.52. The molecule has 0 unspecified atom stereocenters. The van der Waals surface area contributed by atoms with E-state index in [9.17, 15) is 4.79 Å². The lowest BCUT2D eigenvalue weighted by Gasteiger charge is -2.20. The minimum Gasteiger partial charge on any atom is -0.381 e. The highest BCUT2D eigenvalue weighted by Gasteiger charge is 2.19. The summed E-state index contributed by atoms with van der Waals surface area (Å²) in [5.41, 5.74) is 1.66. The van der Waals surface area contributed by atoms with Crippen LogP contribution in [-0.2, 0) is 4.74 Å². The highest BCUT2D eigenvalue weighted by atomic mass is 16.5. The van der Waals surface area contributed by atoms with Crippen LogP contribution in [0, 0.1) is 5.92 Å². The van der Waals surface area contributed by atoms with Crippen LogP contribution in [0.2, 0.25) is 0 Å². The van der Waals surface area contributed by atoms with Crippen LogP contribution in [0.15, 0.2) is 42.7 Å². The van der Waals surface area contributed by atoms with Crippen molar-refractivity contribution in [3.05, 3.63) is 48.3 Å². The van der Waals surface area contributed by atoms with Crippen LogP contribution in [0.3, 0.4) is 0 Å². The van der Waals surface area contributed by atoms with Crippen molar-refractivity contribution in [2.45, 2.75) is 19.3 Å². The van der Waals surface area contributed by atoms with Crippen molar-refractivity contribution >= 4 is 5.78 Å². The second kappa shape index (κ2) is 6.01. The molecule has 4 nitrogen and oxygen atoms in total. The largest absolute Gasteiger partial charge is 0.381 e. The summed E-state index contributed by atoms with van der Waals surface area (Å²) >= 11 is 0. The topological polar surface area (TPSA) is 44.1 Å². The number of nitrogens with zero attached hydrogens (tertiary/aromatic N) is 2. The van der Waals surface area contributed by atoms with Gasteiger partial charge in [-0.2, -0.15) is 5.10 Å². The Balaban J connectivity index is 1.68. The van der Waals surface area contributed by atoms with Crippen molar-refractivity contribution in [1.82, 2.24) is 9.78 Å². The second-order valence-corrected chi connectivity index (χ2v) is 5.19. The monoisotopic (exact) mass is 270 g/mol. The van der Waals surface area contributed by atoms with Crippen molar-refractivity contribution in [3.63, 3.8) is 0 Å². The Morgan fingerprint density at radius 3 is 2.75 bits per heavy atom. The van der Waals surface area contributed by atoms with E-state index >= 15 is 0 Å². The van der Waals surface area contributed by atoms with Crippen molar-refractivity contribution in [2.24, 2.45) is 5.92 Å². The summed E-state index contributed by atoms with van der Waals surface area (Å²) in [6.07, 6.45) is 6.05. The summed E-state index contributed by atoms with van der Waals surface area (Å²) in [6.45, 7) is 1.56. The van der Waals surface area contributed by atoms with Crippen molar-refractivity contribution in [2.75, 3.05) is 13.2 Å². The number of ketones is 1. The first kappa shape index (κ1) is 13.1. The normalized spacial score (nSPS) is 16.2. The number of para-hydroxylation sites is 1. The van der Waals surface area contributed by atoms with E-state index in [1.807, 2.05) is 36.5 Å². The van der Waals surface area contributed by atoms with E-state index in [4.69, 9.17) is 4.74 Å². The zero-order valence-corrected chi connectivity index (χ0v) is 11.4. The fraction of sp³-hybridized carbons (Fsp3) is 0.375. The molecule has 104 valence electrons. The van der Waals surface area contributed by atoms with E-state index in [0.717, 1.165) is 31.7 Å². The lowest BCUT2D eigenvalue weighted by Crippen LogP contribution is -2.18. The molecule has 0 amide bonds. The minimum absolute atomic E-state index is 0.180. The maximum atomic E-state index is 12.3. The van der Waals surface area contributed by atoms with E-state index in [1.165, 1.54) is 0 Å². The number of aromatic nitrogens is 2. The smallest absolute Gasteiger partial charge is 0.166 e. The second-order valence-electron chi connectivity index (χ2n) is 5.19. The van der Waals surface area contributed by atoms with Crippen LogP contribution in [0.25, 0.3) is 5.69 Å². The summed E-state index contributed by atoms with van der Waals surface area (Å²) in [6, 6.07) is 9.82. The molecule has 4 heteroatoms. The number of hydrogen-bond donors (Lipinski definition) is 0. The minimum atomic E-state index is 0.180. The Morgan fingerprint density at radius 1 is 1.25 bits per heavy atom. The lowest BCUT2D eigenvalue weighted by molar-refractivity contribution is 0.0601. The van der Waals surface area contributed by atoms with Crippen LogP contribution >= 0.6 is 0 Å². The molecule has 1 saturated heterocycles. The van der Waals surface area contributed by atoms with Gasteiger partial charge in [-0.15, -0.1) is 0 Å². The lowest BCUT2D eigenvalue weighted by atomic mass is 9.93. The summed E-state index contributed by atoms with van der Waals surface area (Å²) < 4.78 is 7.07. The molecule has 1 aromatic carbocycles. The molecule has 0 saturated carbocycles. The van der Waals surface area contributed by atoms with Gasteiger partial charge in [-0.3, -0.25) is 4.79 Å². The molecule has 20 heavy (non-hydrogen) atoms. The van der Waals surface area contributed by atoms with Gasteiger partial charge in [-0.05, 0) is 30.9 Å². The van der Waals surface area contributed by atoms with Gasteiger partial charge in [-0.1, -0.05) is 18.2 Å². The van der Waals surface area contributed by atoms with E-state index in [2.05, 4.69) is 5.10 Å². The molecule has 0 spiro atoms. The Kier molecular flexibility index (Phi) is 3.92. The third kappa shape index (κ3) is 2.96. The Morgan fingerprint density at radius 2 is 2.00 bits per heavy atom. The molecule has 3 rings (SSSR count). The predicted octanol–water partition coefficient (Wildman–Crippen LogP) is 2.87. The molecule has 2 heterocycles. The zero-order chi connectivity index (χ0) is 13.8. The van der Waals surface area contributed by atoms with Gasteiger partial charge in [0.05, 0.1) is 17.4 Å². The number of carbonyl (C=O) groups excluding carboxylic acids is 1. The summed E-state index contributed by atoms with van der Waals surface area (Å²) in [7, 11) is 0. The molecule has 0 bridgehead atoms. The molecular weight excluding hydrogens is 252 g/mol. The number of rotatable bonds is 4. The fourth-order valence-electron chi connectivity index (χ4n) is 2.52. The average Bonchev–Trinajstić information content (AvgIpc) is 2.99. The Hall–Kier alpha value is -1.94. The van der Waals surface area contributed by atoms with Crippen molar-refractivity contribution in [1.29, 1.82) is 0 Å². The number of hydrogen-bond acceptors (Lipinski definition) is 3. The quantitative estimate of drug-likeness (QED) is 0.802. The Labute approximate surface area is 118 Å². The van der Waals surface area contributed by atoms with Crippen LogP contribution in [0.4, 0.5) is 0 Å². The molecule has 1 aliphatic heterocycles. The van der Waals surface area contributed by atoms with Crippen molar-refractivity contribution < 1.29 is 9.53 Å². The van der Waals surface area contributed by atoms with Crippen LogP contribution in [0.5, 0.6) is 0 Å². The molecule has 0 radical (unpaired) electrons. The third-order valence-electron chi connectivity index (χ3n) is 3.74. The van der Waals surface area contributed by atoms with Crippen LogP contribution < -0.4 is 0 Å². The number of benzene rings is 1. The van der Waals surface area contributed by atoms with Gasteiger partial charge >= 0.3 is 0 Å². The van der Waals surface area contributed by atoms with Gasteiger partial charge in [0.15, 0.2) is 5.78 Å². The van der Waals surface area contributed by atoms with Gasteiger partial charge in [0.2, 0.25) is 0 Å². The summed E-state index contributed by atoms with van der Waals surface area (Å²) in [5, 5.41) is 4.27. The van der Waals surface area contributed by atoms with Crippen molar-refractivity contribution in [3.8, 4) is 5.69 Å². The average molecular weight is 270 g/mol. The maximum Gasteiger partial charge on any atom is 0.166 e. The number of Topliss-reactive ketones (excluding diaryl/α,β-unsaturated/α-hetero) is 1.